The largest absolute Gasteiger partial charge is 0.364 e. The third kappa shape index (κ3) is 0.727. The minimum Gasteiger partial charge on any atom is -0.364 e. The molecule has 1 aromatic rings. The van der Waals surface area contributed by atoms with Crippen LogP contribution in [0, 0.1) is 4.51 Å². The quantitative estimate of drug-likeness (QED) is 0.560. The highest BCUT2D eigenvalue weighted by molar-refractivity contribution is 7.71. The second-order valence-corrected chi connectivity index (χ2v) is 2.78. The van der Waals surface area contributed by atoms with Gasteiger partial charge in [0.15, 0.2) is 0 Å². The maximum Gasteiger partial charge on any atom is 0.0481 e. The zero-order valence-corrected chi connectivity index (χ0v) is 6.24. The van der Waals surface area contributed by atoms with Gasteiger partial charge in [-0.1, -0.05) is 24.4 Å². The lowest BCUT2D eigenvalue weighted by atomic mass is 10.2. The first-order valence-corrected chi connectivity index (χ1v) is 3.66. The van der Waals surface area contributed by atoms with Crippen LogP contribution in [0.5, 0.6) is 0 Å². The maximum absolute atomic E-state index is 5.11. The summed E-state index contributed by atoms with van der Waals surface area (Å²) in [6.07, 6.45) is 7.10. The first-order valence-electron chi connectivity index (χ1n) is 3.25. The molecular weight excluding hydrogens is 142 g/mol. The highest BCUT2D eigenvalue weighted by Gasteiger charge is 2.03. The van der Waals surface area contributed by atoms with Crippen molar-refractivity contribution >= 4 is 18.3 Å². The average Bonchev–Trinajstić information content (AvgIpc) is 2.36. The summed E-state index contributed by atoms with van der Waals surface area (Å²) in [6, 6.07) is 1.92. The molecule has 0 fully saturated rings. The molecule has 0 bridgehead atoms. The molecule has 1 aromatic heterocycles. The van der Waals surface area contributed by atoms with E-state index in [2.05, 4.69) is 17.1 Å². The van der Waals surface area contributed by atoms with E-state index in [1.807, 2.05) is 12.3 Å². The molecule has 0 aromatic carbocycles. The molecule has 0 spiro atoms. The number of pyridine rings is 1. The Hall–Kier alpha value is -0.890. The number of hydrogen-bond acceptors (Lipinski definition) is 1. The van der Waals surface area contributed by atoms with E-state index in [0.717, 1.165) is 10.9 Å². The zero-order chi connectivity index (χ0) is 6.97. The molecular formula is C8H7NS. The summed E-state index contributed by atoms with van der Waals surface area (Å²) in [6.45, 7) is 0. The molecule has 0 unspecified atom stereocenters. The summed E-state index contributed by atoms with van der Waals surface area (Å²) in [5.74, 6) is 0. The van der Waals surface area contributed by atoms with Gasteiger partial charge < -0.3 is 4.98 Å². The number of nitrogens with one attached hydrogen (secondary N) is 1. The fraction of sp³-hybridized carbons (Fsp3) is 0.125. The highest BCUT2D eigenvalue weighted by Crippen LogP contribution is 2.17. The first kappa shape index (κ1) is 5.86. The minimum atomic E-state index is 0.947. The Morgan fingerprint density at radius 3 is 3.20 bits per heavy atom. The van der Waals surface area contributed by atoms with Gasteiger partial charge in [0.2, 0.25) is 0 Å². The smallest absolute Gasteiger partial charge is 0.0481 e. The van der Waals surface area contributed by atoms with Crippen molar-refractivity contribution in [1.29, 1.82) is 0 Å². The van der Waals surface area contributed by atoms with Crippen molar-refractivity contribution in [3.8, 4) is 0 Å². The lowest BCUT2D eigenvalue weighted by Crippen LogP contribution is -1.85. The van der Waals surface area contributed by atoms with Crippen LogP contribution >= 0.6 is 12.2 Å². The molecule has 1 N–H and O–H groups in total. The molecule has 0 atom stereocenters. The van der Waals surface area contributed by atoms with Crippen molar-refractivity contribution in [2.75, 3.05) is 0 Å². The number of allylic oxidation sites excluding steroid dienone is 1. The fourth-order valence-corrected chi connectivity index (χ4v) is 1.44. The van der Waals surface area contributed by atoms with Crippen molar-refractivity contribution < 1.29 is 0 Å². The van der Waals surface area contributed by atoms with Gasteiger partial charge in [-0.25, -0.2) is 0 Å². The number of aromatic amines is 1. The van der Waals surface area contributed by atoms with E-state index in [0.29, 0.717) is 0 Å². The monoisotopic (exact) mass is 149 g/mol. The van der Waals surface area contributed by atoms with E-state index in [-0.39, 0.29) is 0 Å². The third-order valence-electron chi connectivity index (χ3n) is 1.69. The molecule has 0 amide bonds. The molecule has 1 heterocycles. The number of hydrogen-bond donors (Lipinski definition) is 1. The van der Waals surface area contributed by atoms with Crippen LogP contribution in [0.2, 0.25) is 0 Å². The van der Waals surface area contributed by atoms with E-state index in [1.54, 1.807) is 0 Å². The standard InChI is InChI=1S/C8H7NS/c10-8-4-5-9-7-3-1-2-6(7)8/h1-2,4-5H,3H2,(H,9,10). The molecule has 2 rings (SSSR count). The van der Waals surface area contributed by atoms with Crippen LogP contribution in [-0.4, -0.2) is 4.98 Å². The molecule has 0 aliphatic heterocycles. The van der Waals surface area contributed by atoms with Gasteiger partial charge in [0.05, 0.1) is 0 Å². The van der Waals surface area contributed by atoms with Crippen molar-refractivity contribution in [2.24, 2.45) is 0 Å². The molecule has 1 aliphatic carbocycles. The average molecular weight is 149 g/mol. The summed E-state index contributed by atoms with van der Waals surface area (Å²) in [7, 11) is 0. The van der Waals surface area contributed by atoms with Gasteiger partial charge in [-0.3, -0.25) is 0 Å². The van der Waals surface area contributed by atoms with E-state index >= 15 is 0 Å². The van der Waals surface area contributed by atoms with Crippen LogP contribution in [-0.2, 0) is 6.42 Å². The second-order valence-electron chi connectivity index (χ2n) is 2.34. The van der Waals surface area contributed by atoms with E-state index in [1.165, 1.54) is 11.3 Å². The topological polar surface area (TPSA) is 15.8 Å². The van der Waals surface area contributed by atoms with Crippen LogP contribution in [0.25, 0.3) is 6.08 Å². The molecule has 1 nitrogen and oxygen atoms in total. The lowest BCUT2D eigenvalue weighted by molar-refractivity contribution is 1.13. The van der Waals surface area contributed by atoms with Crippen LogP contribution in [0.4, 0.5) is 0 Å². The summed E-state index contributed by atoms with van der Waals surface area (Å²) in [5.41, 5.74) is 2.44. The molecule has 0 saturated carbocycles. The Labute approximate surface area is 64.4 Å². The predicted molar refractivity (Wildman–Crippen MR) is 44.4 cm³/mol. The van der Waals surface area contributed by atoms with Crippen LogP contribution in [0.1, 0.15) is 11.3 Å². The van der Waals surface area contributed by atoms with E-state index in [4.69, 9.17) is 12.2 Å². The molecule has 1 aliphatic rings. The van der Waals surface area contributed by atoms with Crippen molar-refractivity contribution in [3.05, 3.63) is 34.1 Å². The second kappa shape index (κ2) is 2.06. The summed E-state index contributed by atoms with van der Waals surface area (Å²) in [4.78, 5) is 3.16. The number of rotatable bonds is 0. The minimum absolute atomic E-state index is 0.947. The fourth-order valence-electron chi connectivity index (χ4n) is 1.18. The van der Waals surface area contributed by atoms with Crippen molar-refractivity contribution in [2.45, 2.75) is 6.42 Å². The Morgan fingerprint density at radius 2 is 2.40 bits per heavy atom. The Bertz CT molecular complexity index is 335. The molecule has 0 saturated heterocycles. The van der Waals surface area contributed by atoms with Gasteiger partial charge in [-0.2, -0.15) is 0 Å². The maximum atomic E-state index is 5.11. The third-order valence-corrected chi connectivity index (χ3v) is 2.05. The Balaban J connectivity index is 2.79. The molecule has 2 heteroatoms. The SMILES string of the molecule is S=c1cc[nH]c2c1C=CC2. The number of fused-ring (bicyclic) bond motifs is 1. The number of aromatic nitrogens is 1. The van der Waals surface area contributed by atoms with Gasteiger partial charge in [-0.15, -0.1) is 0 Å². The first-order chi connectivity index (χ1) is 4.88. The van der Waals surface area contributed by atoms with Gasteiger partial charge >= 0.3 is 0 Å². The Morgan fingerprint density at radius 1 is 1.50 bits per heavy atom. The van der Waals surface area contributed by atoms with E-state index in [9.17, 15) is 0 Å². The van der Waals surface area contributed by atoms with Crippen LogP contribution in [0.15, 0.2) is 18.3 Å². The van der Waals surface area contributed by atoms with Gasteiger partial charge in [-0.05, 0) is 6.07 Å². The normalized spacial score (nSPS) is 13.6. The predicted octanol–water partition coefficient (Wildman–Crippen LogP) is 2.31. The summed E-state index contributed by atoms with van der Waals surface area (Å²) < 4.78 is 0.947. The summed E-state index contributed by atoms with van der Waals surface area (Å²) >= 11 is 5.11. The number of H-pyrrole nitrogens is 1. The highest BCUT2D eigenvalue weighted by atomic mass is 32.1. The van der Waals surface area contributed by atoms with Crippen LogP contribution < -0.4 is 0 Å². The zero-order valence-electron chi connectivity index (χ0n) is 5.42. The van der Waals surface area contributed by atoms with E-state index < -0.39 is 0 Å². The Kier molecular flexibility index (Phi) is 1.21. The van der Waals surface area contributed by atoms with Gasteiger partial charge in [0, 0.05) is 28.4 Å². The molecule has 50 valence electrons. The van der Waals surface area contributed by atoms with Crippen molar-refractivity contribution in [1.82, 2.24) is 4.98 Å². The van der Waals surface area contributed by atoms with Gasteiger partial charge in [0.1, 0.15) is 0 Å². The molecule has 0 radical (unpaired) electrons. The van der Waals surface area contributed by atoms with Crippen molar-refractivity contribution in [3.63, 3.8) is 0 Å². The van der Waals surface area contributed by atoms with Crippen LogP contribution in [0.3, 0.4) is 0 Å². The van der Waals surface area contributed by atoms with Gasteiger partial charge in [0.25, 0.3) is 0 Å². The molecule has 10 heavy (non-hydrogen) atoms. The lowest BCUT2D eigenvalue weighted by Gasteiger charge is -1.95. The summed E-state index contributed by atoms with van der Waals surface area (Å²) in [5, 5.41) is 0.